The van der Waals surface area contributed by atoms with Crippen LogP contribution in [0.2, 0.25) is 0 Å². The fourth-order valence-electron chi connectivity index (χ4n) is 0.0913. The van der Waals surface area contributed by atoms with Crippen LogP contribution >= 0.6 is 0 Å². The van der Waals surface area contributed by atoms with Crippen molar-refractivity contribution >= 4 is 5.78 Å². The molecule has 0 heterocycles. The molecule has 0 aromatic heterocycles. The van der Waals surface area contributed by atoms with Gasteiger partial charge in [-0.15, -0.1) is 0 Å². The quantitative estimate of drug-likeness (QED) is 0.561. The van der Waals surface area contributed by atoms with Crippen LogP contribution in [0.25, 0.3) is 0 Å². The SMILES string of the molecule is CC(C)=O.CCOCO. The van der Waals surface area contributed by atoms with Gasteiger partial charge in [0, 0.05) is 6.61 Å². The summed E-state index contributed by atoms with van der Waals surface area (Å²) in [6.07, 6.45) is 0. The van der Waals surface area contributed by atoms with E-state index in [0.29, 0.717) is 6.61 Å². The molecule has 0 bridgehead atoms. The third-order valence-electron chi connectivity index (χ3n) is 0.295. The minimum absolute atomic E-state index is 0.156. The maximum atomic E-state index is 9.44. The number of ketones is 1. The third-order valence-corrected chi connectivity index (χ3v) is 0.295. The smallest absolute Gasteiger partial charge is 0.143 e. The first-order valence-corrected chi connectivity index (χ1v) is 2.80. The van der Waals surface area contributed by atoms with E-state index in [1.807, 2.05) is 6.92 Å². The number of rotatable bonds is 2. The molecule has 0 amide bonds. The third kappa shape index (κ3) is 93.8. The molecule has 56 valence electrons. The second-order valence-electron chi connectivity index (χ2n) is 1.53. The van der Waals surface area contributed by atoms with Crippen LogP contribution in [0.3, 0.4) is 0 Å². The van der Waals surface area contributed by atoms with E-state index in [2.05, 4.69) is 4.74 Å². The van der Waals surface area contributed by atoms with E-state index in [4.69, 9.17) is 5.11 Å². The van der Waals surface area contributed by atoms with Gasteiger partial charge < -0.3 is 14.6 Å². The zero-order valence-electron chi connectivity index (χ0n) is 6.18. The summed E-state index contributed by atoms with van der Waals surface area (Å²) < 4.78 is 4.39. The average Bonchev–Trinajstić information content (AvgIpc) is 1.66. The Hall–Kier alpha value is -0.410. The van der Waals surface area contributed by atoms with Crippen molar-refractivity contribution in [3.05, 3.63) is 0 Å². The van der Waals surface area contributed by atoms with Crippen molar-refractivity contribution in [1.82, 2.24) is 0 Å². The number of ether oxygens (including phenoxy) is 1. The summed E-state index contributed by atoms with van der Waals surface area (Å²) >= 11 is 0. The minimum atomic E-state index is -0.156. The first-order chi connectivity index (χ1) is 4.15. The highest BCUT2D eigenvalue weighted by Gasteiger charge is 1.64. The molecule has 0 saturated carbocycles. The van der Waals surface area contributed by atoms with Gasteiger partial charge >= 0.3 is 0 Å². The van der Waals surface area contributed by atoms with Crippen molar-refractivity contribution in [3.8, 4) is 0 Å². The van der Waals surface area contributed by atoms with Gasteiger partial charge in [-0.3, -0.25) is 0 Å². The molecule has 0 aromatic carbocycles. The van der Waals surface area contributed by atoms with Crippen molar-refractivity contribution in [2.75, 3.05) is 13.4 Å². The van der Waals surface area contributed by atoms with Gasteiger partial charge in [0.05, 0.1) is 0 Å². The van der Waals surface area contributed by atoms with Crippen molar-refractivity contribution < 1.29 is 14.6 Å². The van der Waals surface area contributed by atoms with Gasteiger partial charge in [-0.25, -0.2) is 0 Å². The molecular formula is C6H14O3. The molecule has 0 fully saturated rings. The topological polar surface area (TPSA) is 46.5 Å². The minimum Gasteiger partial charge on any atom is -0.371 e. The number of hydrogen-bond donors (Lipinski definition) is 1. The number of Topliss-reactive ketones (excluding diaryl/α,β-unsaturated/α-hetero) is 1. The monoisotopic (exact) mass is 134 g/mol. The molecule has 0 aliphatic heterocycles. The first-order valence-electron chi connectivity index (χ1n) is 2.80. The van der Waals surface area contributed by atoms with Crippen LogP contribution in [0.4, 0.5) is 0 Å². The fourth-order valence-corrected chi connectivity index (χ4v) is 0.0913. The van der Waals surface area contributed by atoms with Gasteiger partial charge in [-0.1, -0.05) is 0 Å². The van der Waals surface area contributed by atoms with Crippen molar-refractivity contribution in [2.24, 2.45) is 0 Å². The highest BCUT2D eigenvalue weighted by atomic mass is 16.6. The molecule has 1 N–H and O–H groups in total. The van der Waals surface area contributed by atoms with Gasteiger partial charge in [0.2, 0.25) is 0 Å². The Labute approximate surface area is 55.6 Å². The molecule has 0 atom stereocenters. The van der Waals surface area contributed by atoms with E-state index in [1.54, 1.807) is 0 Å². The molecule has 9 heavy (non-hydrogen) atoms. The molecule has 0 spiro atoms. The number of carbonyl (C=O) groups excluding carboxylic acids is 1. The predicted octanol–water partition coefficient (Wildman–Crippen LogP) is 0.568. The second kappa shape index (κ2) is 10.5. The van der Waals surface area contributed by atoms with Crippen LogP contribution in [0.1, 0.15) is 20.8 Å². The Balaban J connectivity index is 0. The highest BCUT2D eigenvalue weighted by molar-refractivity contribution is 5.72. The highest BCUT2D eigenvalue weighted by Crippen LogP contribution is 1.61. The van der Waals surface area contributed by atoms with Gasteiger partial charge in [-0.05, 0) is 20.8 Å². The van der Waals surface area contributed by atoms with Crippen molar-refractivity contribution in [3.63, 3.8) is 0 Å². The van der Waals surface area contributed by atoms with Gasteiger partial charge in [-0.2, -0.15) is 0 Å². The van der Waals surface area contributed by atoms with Crippen molar-refractivity contribution in [1.29, 1.82) is 0 Å². The molecule has 0 saturated heterocycles. The van der Waals surface area contributed by atoms with Crippen LogP contribution in [0, 0.1) is 0 Å². The van der Waals surface area contributed by atoms with E-state index < -0.39 is 0 Å². The molecular weight excluding hydrogens is 120 g/mol. The molecule has 0 rings (SSSR count). The Kier molecular flexibility index (Phi) is 13.4. The van der Waals surface area contributed by atoms with Gasteiger partial charge in [0.15, 0.2) is 0 Å². The number of aliphatic hydroxyl groups excluding tert-OH is 1. The maximum absolute atomic E-state index is 9.44. The molecule has 0 aliphatic carbocycles. The lowest BCUT2D eigenvalue weighted by atomic mass is 10.6. The van der Waals surface area contributed by atoms with E-state index in [1.165, 1.54) is 13.8 Å². The fraction of sp³-hybridized carbons (Fsp3) is 0.833. The van der Waals surface area contributed by atoms with Crippen LogP contribution in [0.5, 0.6) is 0 Å². The lowest BCUT2D eigenvalue weighted by Crippen LogP contribution is -1.88. The van der Waals surface area contributed by atoms with Gasteiger partial charge in [0.1, 0.15) is 12.6 Å². The molecule has 3 heteroatoms. The van der Waals surface area contributed by atoms with Crippen LogP contribution in [-0.2, 0) is 9.53 Å². The zero-order chi connectivity index (χ0) is 7.70. The molecule has 0 aromatic rings. The molecule has 0 aliphatic rings. The summed E-state index contributed by atoms with van der Waals surface area (Å²) in [7, 11) is 0. The number of carbonyl (C=O) groups is 1. The van der Waals surface area contributed by atoms with Crippen LogP contribution in [0.15, 0.2) is 0 Å². The van der Waals surface area contributed by atoms with E-state index in [0.717, 1.165) is 0 Å². The van der Waals surface area contributed by atoms with E-state index in [-0.39, 0.29) is 12.6 Å². The second-order valence-corrected chi connectivity index (χ2v) is 1.53. The molecule has 0 unspecified atom stereocenters. The first kappa shape index (κ1) is 11.4. The molecule has 0 radical (unpaired) electrons. The van der Waals surface area contributed by atoms with Crippen LogP contribution < -0.4 is 0 Å². The standard InChI is InChI=1S/C3H8O2.C3H6O/c1-2-5-3-4;1-3(2)4/h4H,2-3H2,1H3;1-2H3. The summed E-state index contributed by atoms with van der Waals surface area (Å²) in [5.41, 5.74) is 0. The number of aliphatic hydroxyl groups is 1. The largest absolute Gasteiger partial charge is 0.371 e. The number of hydrogen-bond acceptors (Lipinski definition) is 3. The van der Waals surface area contributed by atoms with Gasteiger partial charge in [0.25, 0.3) is 0 Å². The Bertz CT molecular complexity index is 55.3. The van der Waals surface area contributed by atoms with E-state index >= 15 is 0 Å². The lowest BCUT2D eigenvalue weighted by molar-refractivity contribution is -0.114. The van der Waals surface area contributed by atoms with Crippen molar-refractivity contribution in [2.45, 2.75) is 20.8 Å². The zero-order valence-corrected chi connectivity index (χ0v) is 6.18. The summed E-state index contributed by atoms with van der Waals surface area (Å²) in [5.74, 6) is 0.167. The lowest BCUT2D eigenvalue weighted by Gasteiger charge is -1.85. The summed E-state index contributed by atoms with van der Waals surface area (Å²) in [5, 5.41) is 7.84. The maximum Gasteiger partial charge on any atom is 0.143 e. The van der Waals surface area contributed by atoms with E-state index in [9.17, 15) is 4.79 Å². The van der Waals surface area contributed by atoms with Crippen LogP contribution in [-0.4, -0.2) is 24.3 Å². The summed E-state index contributed by atoms with van der Waals surface area (Å²) in [6, 6.07) is 0. The average molecular weight is 134 g/mol. The Morgan fingerprint density at radius 1 is 1.56 bits per heavy atom. The summed E-state index contributed by atoms with van der Waals surface area (Å²) in [4.78, 5) is 9.44. The Morgan fingerprint density at radius 2 is 1.89 bits per heavy atom. The molecule has 3 nitrogen and oxygen atoms in total. The summed E-state index contributed by atoms with van der Waals surface area (Å²) in [6.45, 7) is 5.32. The Morgan fingerprint density at radius 3 is 1.89 bits per heavy atom. The normalized spacial score (nSPS) is 7.56. The predicted molar refractivity (Wildman–Crippen MR) is 35.1 cm³/mol.